The number of methoxy groups -OCH3 is 2. The minimum absolute atomic E-state index is 0.558. The van der Waals surface area contributed by atoms with Gasteiger partial charge in [-0.3, -0.25) is 0 Å². The summed E-state index contributed by atoms with van der Waals surface area (Å²) in [6.07, 6.45) is 1.84. The Balaban J connectivity index is 2.48. The van der Waals surface area contributed by atoms with Crippen LogP contribution in [0, 0.1) is 11.3 Å². The average molecular weight is 344 g/mol. The van der Waals surface area contributed by atoms with E-state index in [9.17, 15) is 5.26 Å². The number of nitriles is 1. The molecule has 0 unspecified atom stereocenters. The minimum atomic E-state index is 0.558. The lowest BCUT2D eigenvalue weighted by molar-refractivity contribution is 0.355. The van der Waals surface area contributed by atoms with Gasteiger partial charge < -0.3 is 9.47 Å². The van der Waals surface area contributed by atoms with Gasteiger partial charge in [0.15, 0.2) is 11.5 Å². The number of allylic oxidation sites excluding steroid dienone is 1. The molecule has 0 amide bonds. The highest BCUT2D eigenvalue weighted by Gasteiger charge is 2.08. The van der Waals surface area contributed by atoms with E-state index in [2.05, 4.69) is 22.0 Å². The fourth-order valence-electron chi connectivity index (χ4n) is 1.93. The van der Waals surface area contributed by atoms with E-state index in [0.29, 0.717) is 17.1 Å². The van der Waals surface area contributed by atoms with Crippen LogP contribution in [0.2, 0.25) is 0 Å². The van der Waals surface area contributed by atoms with Crippen molar-refractivity contribution in [1.82, 2.24) is 0 Å². The van der Waals surface area contributed by atoms with E-state index in [0.717, 1.165) is 15.6 Å². The molecular weight excluding hydrogens is 330 g/mol. The van der Waals surface area contributed by atoms with Gasteiger partial charge in [0.05, 0.1) is 25.9 Å². The molecule has 0 fully saturated rings. The second kappa shape index (κ2) is 6.96. The van der Waals surface area contributed by atoms with Gasteiger partial charge in [0.2, 0.25) is 0 Å². The van der Waals surface area contributed by atoms with Crippen molar-refractivity contribution in [1.29, 1.82) is 5.26 Å². The van der Waals surface area contributed by atoms with E-state index in [-0.39, 0.29) is 0 Å². The highest BCUT2D eigenvalue weighted by molar-refractivity contribution is 9.10. The molecule has 4 heteroatoms. The molecular formula is C17H14BrNO2. The molecule has 0 aromatic heterocycles. The van der Waals surface area contributed by atoms with Gasteiger partial charge in [-0.2, -0.15) is 5.26 Å². The van der Waals surface area contributed by atoms with Crippen LogP contribution in [0.1, 0.15) is 11.1 Å². The summed E-state index contributed by atoms with van der Waals surface area (Å²) >= 11 is 3.48. The van der Waals surface area contributed by atoms with Crippen LogP contribution in [-0.4, -0.2) is 14.2 Å². The molecule has 0 aliphatic rings. The second-order valence-electron chi connectivity index (χ2n) is 4.26. The van der Waals surface area contributed by atoms with E-state index in [1.54, 1.807) is 26.4 Å². The van der Waals surface area contributed by atoms with Crippen LogP contribution in [-0.2, 0) is 0 Å². The number of ether oxygens (including phenoxy) is 2. The SMILES string of the molecule is COc1ccc(/C(C#N)=C/c2ccccc2Br)cc1OC. The molecule has 0 saturated heterocycles. The van der Waals surface area contributed by atoms with Crippen molar-refractivity contribution in [3.63, 3.8) is 0 Å². The zero-order valence-electron chi connectivity index (χ0n) is 11.8. The third-order valence-electron chi connectivity index (χ3n) is 3.02. The topological polar surface area (TPSA) is 42.2 Å². The Bertz CT molecular complexity index is 717. The van der Waals surface area contributed by atoms with E-state index >= 15 is 0 Å². The molecule has 2 aromatic rings. The predicted octanol–water partition coefficient (Wildman–Crippen LogP) is 4.53. The number of halogens is 1. The largest absolute Gasteiger partial charge is 0.493 e. The van der Waals surface area contributed by atoms with Gasteiger partial charge in [-0.1, -0.05) is 34.1 Å². The zero-order valence-corrected chi connectivity index (χ0v) is 13.3. The normalized spacial score (nSPS) is 10.9. The van der Waals surface area contributed by atoms with E-state index in [4.69, 9.17) is 9.47 Å². The molecule has 0 saturated carbocycles. The maximum atomic E-state index is 9.42. The molecule has 0 bridgehead atoms. The van der Waals surface area contributed by atoms with Crippen molar-refractivity contribution in [2.45, 2.75) is 0 Å². The molecule has 0 atom stereocenters. The van der Waals surface area contributed by atoms with Crippen molar-refractivity contribution >= 4 is 27.6 Å². The van der Waals surface area contributed by atoms with Crippen LogP contribution >= 0.6 is 15.9 Å². The summed E-state index contributed by atoms with van der Waals surface area (Å²) in [7, 11) is 3.16. The summed E-state index contributed by atoms with van der Waals surface area (Å²) in [6.45, 7) is 0. The fourth-order valence-corrected chi connectivity index (χ4v) is 2.33. The lowest BCUT2D eigenvalue weighted by Crippen LogP contribution is -1.92. The lowest BCUT2D eigenvalue weighted by Gasteiger charge is -2.09. The Kier molecular flexibility index (Phi) is 5.02. The standard InChI is InChI=1S/C17H14BrNO2/c1-20-16-8-7-12(10-17(16)21-2)14(11-19)9-13-5-3-4-6-15(13)18/h3-10H,1-2H3/b14-9+. The first kappa shape index (κ1) is 15.1. The molecule has 0 aliphatic carbocycles. The fraction of sp³-hybridized carbons (Fsp3) is 0.118. The minimum Gasteiger partial charge on any atom is -0.493 e. The van der Waals surface area contributed by atoms with E-state index in [1.807, 2.05) is 36.4 Å². The predicted molar refractivity (Wildman–Crippen MR) is 87.2 cm³/mol. The molecule has 3 nitrogen and oxygen atoms in total. The Morgan fingerprint density at radius 3 is 2.43 bits per heavy atom. The highest BCUT2D eigenvalue weighted by Crippen LogP contribution is 2.31. The van der Waals surface area contributed by atoms with Crippen molar-refractivity contribution in [2.75, 3.05) is 14.2 Å². The number of hydrogen-bond donors (Lipinski definition) is 0. The summed E-state index contributed by atoms with van der Waals surface area (Å²) in [5.74, 6) is 1.24. The third kappa shape index (κ3) is 3.45. The average Bonchev–Trinajstić information content (AvgIpc) is 2.53. The van der Waals surface area contributed by atoms with Gasteiger partial charge in [0, 0.05) is 4.47 Å². The van der Waals surface area contributed by atoms with Crippen molar-refractivity contribution in [2.24, 2.45) is 0 Å². The summed E-state index contributed by atoms with van der Waals surface area (Å²) in [4.78, 5) is 0. The molecule has 0 heterocycles. The monoisotopic (exact) mass is 343 g/mol. The highest BCUT2D eigenvalue weighted by atomic mass is 79.9. The van der Waals surface area contributed by atoms with Crippen LogP contribution in [0.3, 0.4) is 0 Å². The summed E-state index contributed by atoms with van der Waals surface area (Å²) in [6, 6.07) is 15.4. The smallest absolute Gasteiger partial charge is 0.161 e. The van der Waals surface area contributed by atoms with Crippen molar-refractivity contribution in [3.05, 3.63) is 58.1 Å². The molecule has 0 spiro atoms. The summed E-state index contributed by atoms with van der Waals surface area (Å²) in [5.41, 5.74) is 2.29. The van der Waals surface area contributed by atoms with Crippen LogP contribution in [0.25, 0.3) is 11.6 Å². The summed E-state index contributed by atoms with van der Waals surface area (Å²) in [5, 5.41) is 9.42. The number of hydrogen-bond acceptors (Lipinski definition) is 3. The lowest BCUT2D eigenvalue weighted by atomic mass is 10.0. The van der Waals surface area contributed by atoms with Gasteiger partial charge in [-0.05, 0) is 41.5 Å². The Labute approximate surface area is 132 Å². The van der Waals surface area contributed by atoms with Gasteiger partial charge in [0.1, 0.15) is 0 Å². The Hall–Kier alpha value is -2.25. The van der Waals surface area contributed by atoms with Crippen molar-refractivity contribution < 1.29 is 9.47 Å². The quantitative estimate of drug-likeness (QED) is 0.604. The molecule has 21 heavy (non-hydrogen) atoms. The van der Waals surface area contributed by atoms with Crippen LogP contribution in [0.5, 0.6) is 11.5 Å². The molecule has 0 aliphatic heterocycles. The number of nitrogens with zero attached hydrogens (tertiary/aromatic N) is 1. The zero-order chi connectivity index (χ0) is 15.2. The molecule has 2 rings (SSSR count). The first-order valence-corrected chi connectivity index (χ1v) is 7.07. The van der Waals surface area contributed by atoms with Crippen molar-refractivity contribution in [3.8, 4) is 17.6 Å². The van der Waals surface area contributed by atoms with Gasteiger partial charge in [-0.25, -0.2) is 0 Å². The van der Waals surface area contributed by atoms with Gasteiger partial charge in [0.25, 0.3) is 0 Å². The number of benzene rings is 2. The first-order chi connectivity index (χ1) is 10.2. The van der Waals surface area contributed by atoms with Gasteiger partial charge >= 0.3 is 0 Å². The molecule has 2 aromatic carbocycles. The van der Waals surface area contributed by atoms with Crippen LogP contribution in [0.4, 0.5) is 0 Å². The van der Waals surface area contributed by atoms with Crippen LogP contribution in [0.15, 0.2) is 46.9 Å². The number of rotatable bonds is 4. The van der Waals surface area contributed by atoms with E-state index in [1.165, 1.54) is 0 Å². The maximum Gasteiger partial charge on any atom is 0.161 e. The molecule has 0 N–H and O–H groups in total. The van der Waals surface area contributed by atoms with Gasteiger partial charge in [-0.15, -0.1) is 0 Å². The summed E-state index contributed by atoms with van der Waals surface area (Å²) < 4.78 is 11.4. The second-order valence-corrected chi connectivity index (χ2v) is 5.12. The molecule has 106 valence electrons. The molecule has 0 radical (unpaired) electrons. The maximum absolute atomic E-state index is 9.42. The third-order valence-corrected chi connectivity index (χ3v) is 3.74. The Morgan fingerprint density at radius 2 is 1.81 bits per heavy atom. The van der Waals surface area contributed by atoms with Crippen LogP contribution < -0.4 is 9.47 Å². The Morgan fingerprint density at radius 1 is 1.10 bits per heavy atom. The van der Waals surface area contributed by atoms with E-state index < -0.39 is 0 Å². The first-order valence-electron chi connectivity index (χ1n) is 6.28.